The number of hydrogen-bond donors (Lipinski definition) is 2. The molecule has 3 nitrogen and oxygen atoms in total. The maximum absolute atomic E-state index is 5.64. The molecule has 0 aliphatic rings. The average Bonchev–Trinajstić information content (AvgIpc) is 2.53. The minimum Gasteiger partial charge on any atom is -0.491 e. The van der Waals surface area contributed by atoms with Gasteiger partial charge in [-0.3, -0.25) is 0 Å². The summed E-state index contributed by atoms with van der Waals surface area (Å²) < 4.78 is 5.64. The van der Waals surface area contributed by atoms with Gasteiger partial charge >= 0.3 is 0 Å². The summed E-state index contributed by atoms with van der Waals surface area (Å²) in [7, 11) is 0. The van der Waals surface area contributed by atoms with Gasteiger partial charge in [-0.2, -0.15) is 0 Å². The van der Waals surface area contributed by atoms with Gasteiger partial charge in [-0.25, -0.2) is 0 Å². The van der Waals surface area contributed by atoms with E-state index in [4.69, 9.17) is 4.74 Å². The summed E-state index contributed by atoms with van der Waals surface area (Å²) in [5.41, 5.74) is 2.60. The number of hydrogen-bond acceptors (Lipinski definition) is 3. The lowest BCUT2D eigenvalue weighted by molar-refractivity contribution is 0.242. The Kier molecular flexibility index (Phi) is 6.94. The van der Waals surface area contributed by atoms with E-state index in [1.807, 2.05) is 32.0 Å². The highest BCUT2D eigenvalue weighted by Crippen LogP contribution is 2.13. The molecule has 0 fully saturated rings. The third kappa shape index (κ3) is 6.29. The number of nitrogens with one attached hydrogen (secondary N) is 2. The van der Waals surface area contributed by atoms with Crippen molar-refractivity contribution in [2.24, 2.45) is 0 Å². The Morgan fingerprint density at radius 3 is 1.86 bits per heavy atom. The Morgan fingerprint density at radius 1 is 0.773 bits per heavy atom. The smallest absolute Gasteiger partial charge is 0.119 e. The topological polar surface area (TPSA) is 33.3 Å². The Bertz CT molecular complexity index is 523. The molecule has 0 heterocycles. The van der Waals surface area contributed by atoms with Crippen LogP contribution in [0.3, 0.4) is 0 Å². The van der Waals surface area contributed by atoms with Crippen LogP contribution in [0.1, 0.15) is 25.0 Å². The summed E-state index contributed by atoms with van der Waals surface area (Å²) >= 11 is 0. The quantitative estimate of drug-likeness (QED) is 0.697. The lowest BCUT2D eigenvalue weighted by Crippen LogP contribution is -2.26. The summed E-state index contributed by atoms with van der Waals surface area (Å²) in [6.45, 7) is 7.80. The first-order valence-corrected chi connectivity index (χ1v) is 7.95. The van der Waals surface area contributed by atoms with Crippen molar-refractivity contribution < 1.29 is 4.74 Å². The molecule has 2 aromatic rings. The van der Waals surface area contributed by atoms with Crippen LogP contribution in [0, 0.1) is 0 Å². The molecule has 0 spiro atoms. The summed E-state index contributed by atoms with van der Waals surface area (Å²) in [5.74, 6) is 0.934. The second-order valence-corrected chi connectivity index (χ2v) is 5.65. The van der Waals surface area contributed by atoms with Crippen LogP contribution in [0.25, 0.3) is 0 Å². The van der Waals surface area contributed by atoms with Crippen molar-refractivity contribution in [2.75, 3.05) is 13.1 Å². The van der Waals surface area contributed by atoms with Crippen LogP contribution in [-0.4, -0.2) is 19.2 Å². The van der Waals surface area contributed by atoms with Crippen LogP contribution < -0.4 is 15.4 Å². The van der Waals surface area contributed by atoms with Gasteiger partial charge in [0.05, 0.1) is 6.10 Å². The molecule has 0 saturated carbocycles. The van der Waals surface area contributed by atoms with E-state index in [9.17, 15) is 0 Å². The van der Waals surface area contributed by atoms with E-state index in [-0.39, 0.29) is 6.10 Å². The van der Waals surface area contributed by atoms with E-state index < -0.39 is 0 Å². The molecule has 0 amide bonds. The molecule has 0 aliphatic heterocycles. The first-order chi connectivity index (χ1) is 10.7. The van der Waals surface area contributed by atoms with E-state index in [2.05, 4.69) is 47.0 Å². The molecule has 2 aromatic carbocycles. The zero-order chi connectivity index (χ0) is 15.6. The van der Waals surface area contributed by atoms with E-state index in [1.54, 1.807) is 0 Å². The molecule has 2 N–H and O–H groups in total. The van der Waals surface area contributed by atoms with Crippen LogP contribution in [0.4, 0.5) is 0 Å². The van der Waals surface area contributed by atoms with Crippen LogP contribution in [0.15, 0.2) is 54.6 Å². The summed E-state index contributed by atoms with van der Waals surface area (Å²) in [6.07, 6.45) is 0.222. The molecule has 0 radical (unpaired) electrons. The minimum absolute atomic E-state index is 0.222. The second kappa shape index (κ2) is 9.23. The SMILES string of the molecule is CC(C)Oc1ccc(CNCCNCc2ccccc2)cc1. The van der Waals surface area contributed by atoms with Crippen molar-refractivity contribution in [1.82, 2.24) is 10.6 Å². The van der Waals surface area contributed by atoms with Crippen LogP contribution in [0.5, 0.6) is 5.75 Å². The first-order valence-electron chi connectivity index (χ1n) is 7.95. The number of rotatable bonds is 9. The normalized spacial score (nSPS) is 10.9. The molecule has 0 unspecified atom stereocenters. The van der Waals surface area contributed by atoms with Gasteiger partial charge in [0.1, 0.15) is 5.75 Å². The maximum Gasteiger partial charge on any atom is 0.119 e. The van der Waals surface area contributed by atoms with E-state index in [0.717, 1.165) is 31.9 Å². The first kappa shape index (κ1) is 16.5. The Balaban J connectivity index is 1.58. The lowest BCUT2D eigenvalue weighted by atomic mass is 10.2. The minimum atomic E-state index is 0.222. The highest BCUT2D eigenvalue weighted by Gasteiger charge is 1.98. The van der Waals surface area contributed by atoms with Crippen molar-refractivity contribution in [3.05, 3.63) is 65.7 Å². The van der Waals surface area contributed by atoms with Crippen LogP contribution in [0.2, 0.25) is 0 Å². The van der Waals surface area contributed by atoms with E-state index in [1.165, 1.54) is 11.1 Å². The van der Waals surface area contributed by atoms with E-state index >= 15 is 0 Å². The highest BCUT2D eigenvalue weighted by atomic mass is 16.5. The number of benzene rings is 2. The highest BCUT2D eigenvalue weighted by molar-refractivity contribution is 5.27. The van der Waals surface area contributed by atoms with Crippen molar-refractivity contribution in [2.45, 2.75) is 33.0 Å². The molecular formula is C19H26N2O. The van der Waals surface area contributed by atoms with Crippen molar-refractivity contribution in [1.29, 1.82) is 0 Å². The molecule has 0 aliphatic carbocycles. The largest absolute Gasteiger partial charge is 0.491 e. The average molecular weight is 298 g/mol. The fourth-order valence-corrected chi connectivity index (χ4v) is 2.20. The predicted octanol–water partition coefficient (Wildman–Crippen LogP) is 3.35. The second-order valence-electron chi connectivity index (χ2n) is 5.65. The monoisotopic (exact) mass is 298 g/mol. The molecule has 118 valence electrons. The number of ether oxygens (including phenoxy) is 1. The molecular weight excluding hydrogens is 272 g/mol. The summed E-state index contributed by atoms with van der Waals surface area (Å²) in [6, 6.07) is 18.8. The molecule has 2 rings (SSSR count). The fraction of sp³-hybridized carbons (Fsp3) is 0.368. The molecule has 22 heavy (non-hydrogen) atoms. The summed E-state index contributed by atoms with van der Waals surface area (Å²) in [4.78, 5) is 0. The van der Waals surface area contributed by atoms with Gasteiger partial charge in [-0.15, -0.1) is 0 Å². The maximum atomic E-state index is 5.64. The zero-order valence-corrected chi connectivity index (χ0v) is 13.5. The zero-order valence-electron chi connectivity index (χ0n) is 13.5. The van der Waals surface area contributed by atoms with Gasteiger partial charge in [-0.05, 0) is 37.1 Å². The van der Waals surface area contributed by atoms with Crippen LogP contribution >= 0.6 is 0 Å². The third-order valence-electron chi connectivity index (χ3n) is 3.27. The van der Waals surface area contributed by atoms with Crippen LogP contribution in [-0.2, 0) is 13.1 Å². The molecule has 0 atom stereocenters. The fourth-order valence-electron chi connectivity index (χ4n) is 2.20. The molecule has 3 heteroatoms. The Labute approximate surface area is 133 Å². The molecule has 0 bridgehead atoms. The van der Waals surface area contributed by atoms with Gasteiger partial charge in [0, 0.05) is 26.2 Å². The standard InChI is InChI=1S/C19H26N2O/c1-16(2)22-19-10-8-18(9-11-19)15-21-13-12-20-14-17-6-4-3-5-7-17/h3-11,16,20-21H,12-15H2,1-2H3. The van der Waals surface area contributed by atoms with Gasteiger partial charge in [0.15, 0.2) is 0 Å². The van der Waals surface area contributed by atoms with Crippen molar-refractivity contribution in [3.63, 3.8) is 0 Å². The van der Waals surface area contributed by atoms with E-state index in [0.29, 0.717) is 0 Å². The molecule has 0 saturated heterocycles. The Hall–Kier alpha value is -1.84. The van der Waals surface area contributed by atoms with Crippen molar-refractivity contribution in [3.8, 4) is 5.75 Å². The van der Waals surface area contributed by atoms with Gasteiger partial charge in [0.25, 0.3) is 0 Å². The summed E-state index contributed by atoms with van der Waals surface area (Å²) in [5, 5.41) is 6.88. The lowest BCUT2D eigenvalue weighted by Gasteiger charge is -2.10. The van der Waals surface area contributed by atoms with Gasteiger partial charge in [0.2, 0.25) is 0 Å². The van der Waals surface area contributed by atoms with Crippen molar-refractivity contribution >= 4 is 0 Å². The van der Waals surface area contributed by atoms with Gasteiger partial charge < -0.3 is 15.4 Å². The third-order valence-corrected chi connectivity index (χ3v) is 3.27. The van der Waals surface area contributed by atoms with Gasteiger partial charge in [-0.1, -0.05) is 42.5 Å². The molecule has 0 aromatic heterocycles. The predicted molar refractivity (Wildman–Crippen MR) is 92.1 cm³/mol. The Morgan fingerprint density at radius 2 is 1.32 bits per heavy atom.